The maximum Gasteiger partial charge on any atom is 0.236 e. The Labute approximate surface area is 122 Å². The average Bonchev–Trinajstić information content (AvgIpc) is 3.24. The van der Waals surface area contributed by atoms with Gasteiger partial charge in [-0.2, -0.15) is 0 Å². The lowest BCUT2D eigenvalue weighted by molar-refractivity contribution is -0.135. The third-order valence-corrected chi connectivity index (χ3v) is 6.79. The number of amides is 2. The molecule has 3 fully saturated rings. The topological polar surface area (TPSA) is 57.7 Å². The molecule has 1 spiro atoms. The van der Waals surface area contributed by atoms with Crippen molar-refractivity contribution in [2.75, 3.05) is 25.4 Å². The summed E-state index contributed by atoms with van der Waals surface area (Å²) >= 11 is 0. The van der Waals surface area contributed by atoms with Crippen LogP contribution in [0.5, 0.6) is 0 Å². The molecule has 2 amide bonds. The monoisotopic (exact) mass is 298 g/mol. The number of carbonyl (C=O) groups is 2. The highest BCUT2D eigenvalue weighted by Crippen LogP contribution is 2.41. The molecular formula is C14H22N2O3S. The van der Waals surface area contributed by atoms with Gasteiger partial charge < -0.3 is 9.80 Å². The first-order chi connectivity index (χ1) is 9.56. The maximum absolute atomic E-state index is 12.5. The van der Waals surface area contributed by atoms with E-state index >= 15 is 0 Å². The largest absolute Gasteiger partial charge is 0.342 e. The molecule has 5 nitrogen and oxygen atoms in total. The van der Waals surface area contributed by atoms with E-state index in [4.69, 9.17) is 0 Å². The van der Waals surface area contributed by atoms with Crippen LogP contribution in [0.3, 0.4) is 0 Å². The van der Waals surface area contributed by atoms with E-state index in [0.29, 0.717) is 38.3 Å². The van der Waals surface area contributed by atoms with Crippen molar-refractivity contribution in [3.8, 4) is 0 Å². The molecule has 6 heteroatoms. The molecule has 0 aromatic rings. The Bertz CT molecular complexity index is 453. The summed E-state index contributed by atoms with van der Waals surface area (Å²) in [7, 11) is -1.11. The Morgan fingerprint density at radius 2 is 2.00 bits per heavy atom. The lowest BCUT2D eigenvalue weighted by Crippen LogP contribution is -2.56. The zero-order valence-corrected chi connectivity index (χ0v) is 12.8. The van der Waals surface area contributed by atoms with Crippen LogP contribution in [0.25, 0.3) is 0 Å². The molecule has 20 heavy (non-hydrogen) atoms. The number of carbonyl (C=O) groups excluding carboxylic acids is 2. The fourth-order valence-corrected chi connectivity index (χ4v) is 5.04. The van der Waals surface area contributed by atoms with E-state index in [1.165, 1.54) is 12.8 Å². The minimum atomic E-state index is -1.11. The van der Waals surface area contributed by atoms with Crippen molar-refractivity contribution in [3.63, 3.8) is 0 Å². The third kappa shape index (κ3) is 2.28. The first kappa shape index (κ1) is 14.0. The van der Waals surface area contributed by atoms with E-state index in [9.17, 15) is 13.8 Å². The highest BCUT2D eigenvalue weighted by molar-refractivity contribution is 7.87. The molecule has 0 bridgehead atoms. The number of likely N-dealkylation sites (tertiary alicyclic amines) is 1. The van der Waals surface area contributed by atoms with Gasteiger partial charge >= 0.3 is 0 Å². The Balaban J connectivity index is 1.74. The summed E-state index contributed by atoms with van der Waals surface area (Å²) in [5, 5.41) is 0. The van der Waals surface area contributed by atoms with Crippen molar-refractivity contribution in [1.82, 2.24) is 9.80 Å². The molecule has 3 aliphatic rings. The van der Waals surface area contributed by atoms with Crippen LogP contribution in [0.15, 0.2) is 0 Å². The molecule has 2 heterocycles. The SMILES string of the molecule is CCC(=O)N1CCC2(CC1)N(CC1CC1)C(=O)CS2=O. The maximum atomic E-state index is 12.5. The molecule has 1 saturated carbocycles. The summed E-state index contributed by atoms with van der Waals surface area (Å²) in [6, 6.07) is 0. The Hall–Kier alpha value is -0.910. The molecule has 112 valence electrons. The van der Waals surface area contributed by atoms with Gasteiger partial charge in [0.2, 0.25) is 11.8 Å². The summed E-state index contributed by atoms with van der Waals surface area (Å²) in [6.07, 6.45) is 4.23. The van der Waals surface area contributed by atoms with Crippen molar-refractivity contribution < 1.29 is 13.8 Å². The molecule has 1 atom stereocenters. The Morgan fingerprint density at radius 3 is 2.55 bits per heavy atom. The first-order valence-corrected chi connectivity index (χ1v) is 8.85. The number of hydrogen-bond donors (Lipinski definition) is 0. The zero-order valence-electron chi connectivity index (χ0n) is 12.0. The van der Waals surface area contributed by atoms with E-state index in [2.05, 4.69) is 0 Å². The second-order valence-corrected chi connectivity index (χ2v) is 7.86. The molecule has 3 rings (SSSR count). The van der Waals surface area contributed by atoms with Crippen molar-refractivity contribution in [2.24, 2.45) is 5.92 Å². The molecule has 0 N–H and O–H groups in total. The van der Waals surface area contributed by atoms with Crippen molar-refractivity contribution in [1.29, 1.82) is 0 Å². The van der Waals surface area contributed by atoms with Crippen LogP contribution in [-0.2, 0) is 20.4 Å². The van der Waals surface area contributed by atoms with Gasteiger partial charge in [0, 0.05) is 38.9 Å². The van der Waals surface area contributed by atoms with Crippen LogP contribution in [0, 0.1) is 5.92 Å². The molecule has 2 aliphatic heterocycles. The summed E-state index contributed by atoms with van der Waals surface area (Å²) in [5.74, 6) is 0.990. The smallest absolute Gasteiger partial charge is 0.236 e. The average molecular weight is 298 g/mol. The third-order valence-electron chi connectivity index (χ3n) is 4.81. The van der Waals surface area contributed by atoms with Crippen LogP contribution in [-0.4, -0.2) is 56.1 Å². The summed E-state index contributed by atoms with van der Waals surface area (Å²) < 4.78 is 12.5. The van der Waals surface area contributed by atoms with Gasteiger partial charge in [0.05, 0.1) is 10.8 Å². The van der Waals surface area contributed by atoms with Gasteiger partial charge in [-0.15, -0.1) is 0 Å². The summed E-state index contributed by atoms with van der Waals surface area (Å²) in [6.45, 7) is 3.90. The van der Waals surface area contributed by atoms with Crippen LogP contribution >= 0.6 is 0 Å². The number of nitrogens with zero attached hydrogens (tertiary/aromatic N) is 2. The van der Waals surface area contributed by atoms with Crippen molar-refractivity contribution in [2.45, 2.75) is 43.9 Å². The van der Waals surface area contributed by atoms with Gasteiger partial charge in [-0.1, -0.05) is 6.92 Å². The zero-order chi connectivity index (χ0) is 14.3. The fourth-order valence-electron chi connectivity index (χ4n) is 3.33. The van der Waals surface area contributed by atoms with E-state index in [1.807, 2.05) is 16.7 Å². The van der Waals surface area contributed by atoms with E-state index in [-0.39, 0.29) is 17.6 Å². The molecule has 1 unspecified atom stereocenters. The number of rotatable bonds is 3. The Morgan fingerprint density at radius 1 is 1.35 bits per heavy atom. The highest BCUT2D eigenvalue weighted by Gasteiger charge is 2.53. The van der Waals surface area contributed by atoms with Crippen LogP contribution in [0.1, 0.15) is 39.0 Å². The Kier molecular flexibility index (Phi) is 3.60. The number of hydrogen-bond acceptors (Lipinski definition) is 3. The summed E-state index contributed by atoms with van der Waals surface area (Å²) in [5.41, 5.74) is 0. The van der Waals surface area contributed by atoms with Gasteiger partial charge in [-0.25, -0.2) is 0 Å². The van der Waals surface area contributed by atoms with E-state index in [1.54, 1.807) is 0 Å². The minimum absolute atomic E-state index is 0.0468. The molecule has 0 aromatic carbocycles. The molecule has 0 aromatic heterocycles. The standard InChI is InChI=1S/C14H22N2O3S/c1-2-12(17)15-7-5-14(6-8-15)16(9-11-3-4-11)13(18)10-20(14)19/h11H,2-10H2,1H3. The number of piperidine rings is 1. The van der Waals surface area contributed by atoms with E-state index < -0.39 is 15.7 Å². The summed E-state index contributed by atoms with van der Waals surface area (Å²) in [4.78, 5) is 27.2. The van der Waals surface area contributed by atoms with Gasteiger partial charge in [0.15, 0.2) is 0 Å². The minimum Gasteiger partial charge on any atom is -0.342 e. The molecule has 2 saturated heterocycles. The highest BCUT2D eigenvalue weighted by atomic mass is 32.2. The van der Waals surface area contributed by atoms with E-state index in [0.717, 1.165) is 6.54 Å². The van der Waals surface area contributed by atoms with Gasteiger partial charge in [-0.3, -0.25) is 13.8 Å². The predicted octanol–water partition coefficient (Wildman–Crippen LogP) is 0.716. The van der Waals surface area contributed by atoms with Crippen LogP contribution < -0.4 is 0 Å². The fraction of sp³-hybridized carbons (Fsp3) is 0.857. The lowest BCUT2D eigenvalue weighted by Gasteiger charge is -2.43. The normalized spacial score (nSPS) is 29.2. The predicted molar refractivity (Wildman–Crippen MR) is 76.3 cm³/mol. The lowest BCUT2D eigenvalue weighted by atomic mass is 10.0. The molecular weight excluding hydrogens is 276 g/mol. The molecule has 1 aliphatic carbocycles. The first-order valence-electron chi connectivity index (χ1n) is 7.53. The molecule has 0 radical (unpaired) electrons. The van der Waals surface area contributed by atoms with Gasteiger partial charge in [-0.05, 0) is 18.8 Å². The van der Waals surface area contributed by atoms with Gasteiger partial charge in [0.1, 0.15) is 10.6 Å². The van der Waals surface area contributed by atoms with Crippen LogP contribution in [0.4, 0.5) is 0 Å². The quantitative estimate of drug-likeness (QED) is 0.771. The van der Waals surface area contributed by atoms with Crippen molar-refractivity contribution in [3.05, 3.63) is 0 Å². The second-order valence-electron chi connectivity index (χ2n) is 6.12. The van der Waals surface area contributed by atoms with Crippen molar-refractivity contribution >= 4 is 22.6 Å². The van der Waals surface area contributed by atoms with Gasteiger partial charge in [0.25, 0.3) is 0 Å². The second kappa shape index (κ2) is 5.13. The van der Waals surface area contributed by atoms with Crippen LogP contribution in [0.2, 0.25) is 0 Å².